The first kappa shape index (κ1) is 9.83. The predicted molar refractivity (Wildman–Crippen MR) is 55.0 cm³/mol. The van der Waals surface area contributed by atoms with Crippen LogP contribution in [0, 0.1) is 23.2 Å². The fourth-order valence-corrected chi connectivity index (χ4v) is 2.25. The SMILES string of the molecule is C=CC(C)C(C)C1CC1(C)CC. The highest BCUT2D eigenvalue weighted by molar-refractivity contribution is 5.02. The lowest BCUT2D eigenvalue weighted by Crippen LogP contribution is -2.11. The Morgan fingerprint density at radius 3 is 2.50 bits per heavy atom. The van der Waals surface area contributed by atoms with E-state index in [1.807, 2.05) is 0 Å². The minimum atomic E-state index is 0.663. The first-order valence-corrected chi connectivity index (χ1v) is 5.17. The van der Waals surface area contributed by atoms with Crippen molar-refractivity contribution in [2.75, 3.05) is 0 Å². The van der Waals surface area contributed by atoms with Gasteiger partial charge in [0.25, 0.3) is 0 Å². The number of hydrogen-bond acceptors (Lipinski definition) is 0. The van der Waals surface area contributed by atoms with Crippen LogP contribution in [-0.2, 0) is 0 Å². The molecule has 12 heavy (non-hydrogen) atoms. The smallest absolute Gasteiger partial charge is 0.0236 e. The third kappa shape index (κ3) is 1.57. The minimum Gasteiger partial charge on any atom is -0.103 e. The molecule has 1 aliphatic rings. The Kier molecular flexibility index (Phi) is 2.65. The van der Waals surface area contributed by atoms with Gasteiger partial charge in [0.1, 0.15) is 0 Å². The normalized spacial score (nSPS) is 38.8. The largest absolute Gasteiger partial charge is 0.103 e. The van der Waals surface area contributed by atoms with Gasteiger partial charge in [0.2, 0.25) is 0 Å². The van der Waals surface area contributed by atoms with Gasteiger partial charge in [-0.3, -0.25) is 0 Å². The zero-order valence-electron chi connectivity index (χ0n) is 8.93. The summed E-state index contributed by atoms with van der Waals surface area (Å²) in [6, 6.07) is 0. The van der Waals surface area contributed by atoms with E-state index in [9.17, 15) is 0 Å². The van der Waals surface area contributed by atoms with E-state index in [0.29, 0.717) is 11.3 Å². The van der Waals surface area contributed by atoms with Crippen LogP contribution in [0.1, 0.15) is 40.5 Å². The Morgan fingerprint density at radius 1 is 1.58 bits per heavy atom. The van der Waals surface area contributed by atoms with Crippen LogP contribution in [0.25, 0.3) is 0 Å². The van der Waals surface area contributed by atoms with Crippen molar-refractivity contribution in [1.29, 1.82) is 0 Å². The molecule has 0 aromatic carbocycles. The van der Waals surface area contributed by atoms with Crippen LogP contribution >= 0.6 is 0 Å². The molecule has 1 rings (SSSR count). The van der Waals surface area contributed by atoms with Gasteiger partial charge in [-0.25, -0.2) is 0 Å². The van der Waals surface area contributed by atoms with Gasteiger partial charge in [-0.2, -0.15) is 0 Å². The summed E-state index contributed by atoms with van der Waals surface area (Å²) in [5, 5.41) is 0. The van der Waals surface area contributed by atoms with Crippen LogP contribution in [0.4, 0.5) is 0 Å². The van der Waals surface area contributed by atoms with E-state index < -0.39 is 0 Å². The quantitative estimate of drug-likeness (QED) is 0.556. The minimum absolute atomic E-state index is 0.663. The summed E-state index contributed by atoms with van der Waals surface area (Å²) in [7, 11) is 0. The number of rotatable bonds is 4. The van der Waals surface area contributed by atoms with Gasteiger partial charge in [-0.1, -0.05) is 40.2 Å². The van der Waals surface area contributed by atoms with E-state index in [4.69, 9.17) is 0 Å². The van der Waals surface area contributed by atoms with Crippen molar-refractivity contribution in [2.45, 2.75) is 40.5 Å². The molecular formula is C12H22. The maximum absolute atomic E-state index is 3.87. The molecule has 0 aromatic heterocycles. The Hall–Kier alpha value is -0.260. The van der Waals surface area contributed by atoms with Gasteiger partial charge in [0, 0.05) is 0 Å². The van der Waals surface area contributed by atoms with E-state index in [0.717, 1.165) is 11.8 Å². The first-order chi connectivity index (χ1) is 5.55. The second-order valence-corrected chi connectivity index (χ2v) is 4.77. The molecule has 70 valence electrons. The van der Waals surface area contributed by atoms with Crippen LogP contribution in [-0.4, -0.2) is 0 Å². The summed E-state index contributed by atoms with van der Waals surface area (Å²) >= 11 is 0. The number of hydrogen-bond donors (Lipinski definition) is 0. The lowest BCUT2D eigenvalue weighted by atomic mass is 9.87. The van der Waals surface area contributed by atoms with Gasteiger partial charge >= 0.3 is 0 Å². The maximum Gasteiger partial charge on any atom is -0.0236 e. The molecule has 0 aliphatic heterocycles. The van der Waals surface area contributed by atoms with Crippen LogP contribution in [0.2, 0.25) is 0 Å². The summed E-state index contributed by atoms with van der Waals surface area (Å²) in [5.74, 6) is 2.46. The second kappa shape index (κ2) is 3.24. The highest BCUT2D eigenvalue weighted by atomic mass is 14.6. The van der Waals surface area contributed by atoms with Crippen molar-refractivity contribution in [1.82, 2.24) is 0 Å². The molecule has 0 spiro atoms. The van der Waals surface area contributed by atoms with Crippen LogP contribution < -0.4 is 0 Å². The first-order valence-electron chi connectivity index (χ1n) is 5.17. The summed E-state index contributed by atoms with van der Waals surface area (Å²) < 4.78 is 0. The zero-order valence-corrected chi connectivity index (χ0v) is 8.93. The average molecular weight is 166 g/mol. The highest BCUT2D eigenvalue weighted by Gasteiger charge is 2.51. The van der Waals surface area contributed by atoms with E-state index in [1.54, 1.807) is 0 Å². The van der Waals surface area contributed by atoms with Gasteiger partial charge in [0.05, 0.1) is 0 Å². The van der Waals surface area contributed by atoms with Crippen LogP contribution in [0.15, 0.2) is 12.7 Å². The highest BCUT2D eigenvalue weighted by Crippen LogP contribution is 2.59. The Labute approximate surface area is 77.1 Å². The molecule has 0 heteroatoms. The number of allylic oxidation sites excluding steroid dienone is 1. The van der Waals surface area contributed by atoms with E-state index in [1.165, 1.54) is 12.8 Å². The molecule has 0 heterocycles. The third-order valence-electron chi connectivity index (χ3n) is 4.06. The third-order valence-corrected chi connectivity index (χ3v) is 4.06. The van der Waals surface area contributed by atoms with E-state index in [2.05, 4.69) is 40.3 Å². The molecule has 0 saturated heterocycles. The molecule has 4 unspecified atom stereocenters. The standard InChI is InChI=1S/C12H22/c1-6-9(3)10(4)11-8-12(11,5)7-2/h6,9-11H,1,7-8H2,2-5H3. The van der Waals surface area contributed by atoms with Crippen molar-refractivity contribution in [3.05, 3.63) is 12.7 Å². The van der Waals surface area contributed by atoms with Gasteiger partial charge in [0.15, 0.2) is 0 Å². The van der Waals surface area contributed by atoms with Crippen molar-refractivity contribution in [3.8, 4) is 0 Å². The second-order valence-electron chi connectivity index (χ2n) is 4.77. The molecule has 0 N–H and O–H groups in total. The fraction of sp³-hybridized carbons (Fsp3) is 0.833. The molecule has 1 aliphatic carbocycles. The van der Waals surface area contributed by atoms with Gasteiger partial charge < -0.3 is 0 Å². The molecule has 4 atom stereocenters. The lowest BCUT2D eigenvalue weighted by molar-refractivity contribution is 0.335. The van der Waals surface area contributed by atoms with Gasteiger partial charge in [-0.05, 0) is 29.6 Å². The van der Waals surface area contributed by atoms with E-state index in [-0.39, 0.29) is 0 Å². The van der Waals surface area contributed by atoms with E-state index >= 15 is 0 Å². The lowest BCUT2D eigenvalue weighted by Gasteiger charge is -2.19. The average Bonchev–Trinajstić information content (AvgIpc) is 2.76. The zero-order chi connectivity index (χ0) is 9.35. The van der Waals surface area contributed by atoms with Crippen LogP contribution in [0.5, 0.6) is 0 Å². The Morgan fingerprint density at radius 2 is 2.17 bits per heavy atom. The molecule has 0 radical (unpaired) electrons. The maximum atomic E-state index is 3.87. The molecule has 0 amide bonds. The van der Waals surface area contributed by atoms with Crippen molar-refractivity contribution >= 4 is 0 Å². The topological polar surface area (TPSA) is 0 Å². The van der Waals surface area contributed by atoms with Crippen molar-refractivity contribution < 1.29 is 0 Å². The Bertz CT molecular complexity index is 171. The summed E-state index contributed by atoms with van der Waals surface area (Å²) in [4.78, 5) is 0. The van der Waals surface area contributed by atoms with Crippen molar-refractivity contribution in [2.24, 2.45) is 23.2 Å². The molecule has 0 aromatic rings. The molecular weight excluding hydrogens is 144 g/mol. The summed E-state index contributed by atoms with van der Waals surface area (Å²) in [6.07, 6.45) is 4.87. The molecule has 0 bridgehead atoms. The Balaban J connectivity index is 2.47. The monoisotopic (exact) mass is 166 g/mol. The molecule has 1 fully saturated rings. The van der Waals surface area contributed by atoms with Crippen LogP contribution in [0.3, 0.4) is 0 Å². The summed E-state index contributed by atoms with van der Waals surface area (Å²) in [6.45, 7) is 13.3. The summed E-state index contributed by atoms with van der Waals surface area (Å²) in [5.41, 5.74) is 0.663. The predicted octanol–water partition coefficient (Wildman–Crippen LogP) is 3.88. The molecule has 0 nitrogen and oxygen atoms in total. The molecule has 1 saturated carbocycles. The fourth-order valence-electron chi connectivity index (χ4n) is 2.25. The van der Waals surface area contributed by atoms with Gasteiger partial charge in [-0.15, -0.1) is 6.58 Å². The van der Waals surface area contributed by atoms with Crippen molar-refractivity contribution in [3.63, 3.8) is 0 Å².